The van der Waals surface area contributed by atoms with Crippen LogP contribution in [0.15, 0.2) is 18.3 Å². The summed E-state index contributed by atoms with van der Waals surface area (Å²) in [7, 11) is 0. The number of hydrogen-bond acceptors (Lipinski definition) is 8. The van der Waals surface area contributed by atoms with Gasteiger partial charge in [0.15, 0.2) is 0 Å². The fourth-order valence-electron chi connectivity index (χ4n) is 3.92. The molecule has 0 unspecified atom stereocenters. The lowest BCUT2D eigenvalue weighted by atomic mass is 10.1. The van der Waals surface area contributed by atoms with Crippen LogP contribution < -0.4 is 15.4 Å². The van der Waals surface area contributed by atoms with Crippen LogP contribution in [0.3, 0.4) is 0 Å². The number of pyridine rings is 1. The summed E-state index contributed by atoms with van der Waals surface area (Å²) in [5.41, 5.74) is 4.39. The number of piperidine rings is 1. The molecule has 4 rings (SSSR count). The van der Waals surface area contributed by atoms with Gasteiger partial charge in [0.05, 0.1) is 31.0 Å². The molecule has 2 aliphatic rings. The topological polar surface area (TPSA) is 107 Å². The number of morpholine rings is 1. The van der Waals surface area contributed by atoms with Crippen molar-refractivity contribution < 1.29 is 27.4 Å². The molecule has 1 amide bonds. The van der Waals surface area contributed by atoms with Gasteiger partial charge in [0.25, 0.3) is 0 Å². The zero-order chi connectivity index (χ0) is 23.6. The first-order chi connectivity index (χ1) is 15.7. The normalized spacial score (nSPS) is 19.5. The van der Waals surface area contributed by atoms with E-state index < -0.39 is 11.7 Å². The van der Waals surface area contributed by atoms with Crippen molar-refractivity contribution in [3.05, 3.63) is 23.9 Å². The Morgan fingerprint density at radius 3 is 2.67 bits per heavy atom. The fourth-order valence-corrected chi connectivity index (χ4v) is 3.92. The van der Waals surface area contributed by atoms with E-state index in [1.807, 2.05) is 4.90 Å². The van der Waals surface area contributed by atoms with Crippen molar-refractivity contribution in [2.24, 2.45) is 0 Å². The van der Waals surface area contributed by atoms with Crippen LogP contribution in [0.5, 0.6) is 5.88 Å². The van der Waals surface area contributed by atoms with Gasteiger partial charge in [-0.15, -0.1) is 0 Å². The predicted octanol–water partition coefficient (Wildman–Crippen LogP) is 2.37. The monoisotopic (exact) mass is 466 g/mol. The number of ether oxygens (including phenoxy) is 2. The van der Waals surface area contributed by atoms with E-state index in [1.54, 1.807) is 4.90 Å². The molecular weight excluding hydrogens is 441 g/mol. The van der Waals surface area contributed by atoms with Crippen LogP contribution in [0.25, 0.3) is 11.3 Å². The third kappa shape index (κ3) is 5.44. The molecule has 0 saturated carbocycles. The second kappa shape index (κ2) is 9.38. The van der Waals surface area contributed by atoms with E-state index in [4.69, 9.17) is 15.2 Å². The summed E-state index contributed by atoms with van der Waals surface area (Å²) in [4.78, 5) is 28.0. The lowest BCUT2D eigenvalue weighted by Crippen LogP contribution is -2.43. The van der Waals surface area contributed by atoms with Crippen LogP contribution >= 0.6 is 0 Å². The molecule has 0 aliphatic carbocycles. The van der Waals surface area contributed by atoms with E-state index >= 15 is 0 Å². The van der Waals surface area contributed by atoms with Crippen molar-refractivity contribution in [2.75, 3.05) is 50.0 Å². The number of hydrogen-bond donors (Lipinski definition) is 1. The van der Waals surface area contributed by atoms with Gasteiger partial charge in [-0.1, -0.05) is 0 Å². The Morgan fingerprint density at radius 1 is 1.21 bits per heavy atom. The number of alkyl halides is 3. The Hall–Kier alpha value is -3.15. The molecule has 4 heterocycles. The van der Waals surface area contributed by atoms with Crippen molar-refractivity contribution in [3.63, 3.8) is 0 Å². The molecule has 2 aromatic rings. The highest BCUT2D eigenvalue weighted by atomic mass is 19.4. The van der Waals surface area contributed by atoms with Crippen molar-refractivity contribution >= 4 is 17.7 Å². The number of carbonyl (C=O) groups is 1. The SMILES string of the molecule is CC(=O)N1CCC[C@H](Oc2cc(-c3cnc(N)cc3C(F)(F)F)nc(N3CCOCC3)n2)C1. The number of amides is 1. The van der Waals surface area contributed by atoms with E-state index in [0.29, 0.717) is 45.8 Å². The highest BCUT2D eigenvalue weighted by Crippen LogP contribution is 2.38. The van der Waals surface area contributed by atoms with E-state index in [2.05, 4.69) is 15.0 Å². The van der Waals surface area contributed by atoms with Crippen LogP contribution in [-0.4, -0.2) is 71.3 Å². The van der Waals surface area contributed by atoms with Gasteiger partial charge in [0.2, 0.25) is 17.7 Å². The molecule has 1 atom stereocenters. The summed E-state index contributed by atoms with van der Waals surface area (Å²) in [6.07, 6.45) is -2.45. The number of aromatic nitrogens is 3. The Kier molecular flexibility index (Phi) is 6.54. The van der Waals surface area contributed by atoms with Gasteiger partial charge in [-0.25, -0.2) is 9.97 Å². The first-order valence-corrected chi connectivity index (χ1v) is 10.7. The standard InChI is InChI=1S/C21H25F3N6O3/c1-13(31)30-4-2-3-14(12-30)33-19-10-17(27-20(28-19)29-5-7-32-8-6-29)15-11-26-18(25)9-16(15)21(22,23)24/h9-11,14H,2-8,12H2,1H3,(H2,25,26)/t14-/m0/s1. The molecule has 0 aromatic carbocycles. The van der Waals surface area contributed by atoms with Crippen molar-refractivity contribution in [1.82, 2.24) is 19.9 Å². The smallest absolute Gasteiger partial charge is 0.417 e. The van der Waals surface area contributed by atoms with Crippen LogP contribution in [0.1, 0.15) is 25.3 Å². The zero-order valence-corrected chi connectivity index (χ0v) is 18.1. The molecule has 2 saturated heterocycles. The predicted molar refractivity (Wildman–Crippen MR) is 114 cm³/mol. The summed E-state index contributed by atoms with van der Waals surface area (Å²) in [5, 5.41) is 0. The van der Waals surface area contributed by atoms with Gasteiger partial charge in [0.1, 0.15) is 11.9 Å². The largest absolute Gasteiger partial charge is 0.472 e. The maximum Gasteiger partial charge on any atom is 0.417 e. The molecule has 0 radical (unpaired) electrons. The van der Waals surface area contributed by atoms with Crippen molar-refractivity contribution in [3.8, 4) is 17.1 Å². The highest BCUT2D eigenvalue weighted by molar-refractivity contribution is 5.73. The summed E-state index contributed by atoms with van der Waals surface area (Å²) in [6.45, 7) is 4.43. The minimum Gasteiger partial charge on any atom is -0.472 e. The fraction of sp³-hybridized carbons (Fsp3) is 0.524. The lowest BCUT2D eigenvalue weighted by Gasteiger charge is -2.32. The quantitative estimate of drug-likeness (QED) is 0.732. The summed E-state index contributed by atoms with van der Waals surface area (Å²) in [5.74, 6) is 0.0943. The maximum absolute atomic E-state index is 13.7. The van der Waals surface area contributed by atoms with Gasteiger partial charge >= 0.3 is 6.18 Å². The Balaban J connectivity index is 1.72. The molecule has 33 heavy (non-hydrogen) atoms. The first-order valence-electron chi connectivity index (χ1n) is 10.7. The van der Waals surface area contributed by atoms with E-state index in [0.717, 1.165) is 18.7 Å². The molecule has 2 aromatic heterocycles. The van der Waals surface area contributed by atoms with Gasteiger partial charge in [-0.2, -0.15) is 18.2 Å². The van der Waals surface area contributed by atoms with Gasteiger partial charge in [-0.05, 0) is 18.9 Å². The summed E-state index contributed by atoms with van der Waals surface area (Å²) < 4.78 is 52.6. The number of nitrogens with zero attached hydrogens (tertiary/aromatic N) is 5. The van der Waals surface area contributed by atoms with E-state index in [1.165, 1.54) is 13.0 Å². The first kappa shape index (κ1) is 23.0. The molecule has 9 nitrogen and oxygen atoms in total. The third-order valence-electron chi connectivity index (χ3n) is 5.60. The average molecular weight is 466 g/mol. The number of carbonyl (C=O) groups excluding carboxylic acids is 1. The van der Waals surface area contributed by atoms with Gasteiger partial charge in [0, 0.05) is 44.4 Å². The van der Waals surface area contributed by atoms with Crippen LogP contribution in [0, 0.1) is 0 Å². The molecule has 2 N–H and O–H groups in total. The van der Waals surface area contributed by atoms with E-state index in [9.17, 15) is 18.0 Å². The Morgan fingerprint density at radius 2 is 1.97 bits per heavy atom. The number of nitrogen functional groups attached to an aromatic ring is 1. The molecule has 0 spiro atoms. The second-order valence-corrected chi connectivity index (χ2v) is 7.99. The highest BCUT2D eigenvalue weighted by Gasteiger charge is 2.35. The molecule has 12 heteroatoms. The molecule has 2 fully saturated rings. The summed E-state index contributed by atoms with van der Waals surface area (Å²) in [6, 6.07) is 2.16. The molecule has 2 aliphatic heterocycles. The van der Waals surface area contributed by atoms with Crippen LogP contribution in [0.2, 0.25) is 0 Å². The van der Waals surface area contributed by atoms with Crippen molar-refractivity contribution in [2.45, 2.75) is 32.0 Å². The third-order valence-corrected chi connectivity index (χ3v) is 5.60. The Labute approximate surface area is 188 Å². The second-order valence-electron chi connectivity index (χ2n) is 7.99. The molecule has 178 valence electrons. The van der Waals surface area contributed by atoms with E-state index in [-0.39, 0.29) is 40.9 Å². The minimum atomic E-state index is -4.65. The number of likely N-dealkylation sites (tertiary alicyclic amines) is 1. The lowest BCUT2D eigenvalue weighted by molar-refractivity contribution is -0.137. The van der Waals surface area contributed by atoms with Gasteiger partial charge in [-0.3, -0.25) is 4.79 Å². The number of rotatable bonds is 4. The maximum atomic E-state index is 13.7. The number of halogens is 3. The van der Waals surface area contributed by atoms with Crippen LogP contribution in [0.4, 0.5) is 24.9 Å². The average Bonchev–Trinajstić information content (AvgIpc) is 2.79. The number of nitrogens with two attached hydrogens (primary N) is 1. The van der Waals surface area contributed by atoms with Crippen LogP contribution in [-0.2, 0) is 15.7 Å². The minimum absolute atomic E-state index is 0.0283. The number of anilines is 2. The summed E-state index contributed by atoms with van der Waals surface area (Å²) >= 11 is 0. The molecule has 0 bridgehead atoms. The zero-order valence-electron chi connectivity index (χ0n) is 18.1. The van der Waals surface area contributed by atoms with Crippen molar-refractivity contribution in [1.29, 1.82) is 0 Å². The Bertz CT molecular complexity index is 1010. The molecular formula is C21H25F3N6O3. The van der Waals surface area contributed by atoms with Gasteiger partial charge < -0.3 is 25.0 Å².